The summed E-state index contributed by atoms with van der Waals surface area (Å²) in [7, 11) is 1.59. The number of aryl methyl sites for hydroxylation is 2. The molecule has 196 valence electrons. The first-order chi connectivity index (χ1) is 18.5. The van der Waals surface area contributed by atoms with Crippen LogP contribution in [-0.2, 0) is 19.4 Å². The molecule has 4 aromatic rings. The molecule has 0 atom stereocenters. The smallest absolute Gasteiger partial charge is 0.280 e. The zero-order valence-corrected chi connectivity index (χ0v) is 22.6. The summed E-state index contributed by atoms with van der Waals surface area (Å²) in [5, 5.41) is 0. The average molecular weight is 578 g/mol. The number of nitrogens with two attached hydrogens (primary N) is 1. The van der Waals surface area contributed by atoms with Gasteiger partial charge in [0.2, 0.25) is 5.96 Å². The van der Waals surface area contributed by atoms with E-state index in [1.54, 1.807) is 30.6 Å². The van der Waals surface area contributed by atoms with E-state index in [0.717, 1.165) is 28.7 Å². The zero-order valence-electron chi connectivity index (χ0n) is 21.1. The number of para-hydroxylation sites is 1. The summed E-state index contributed by atoms with van der Waals surface area (Å²) >= 11 is 3.47. The molecule has 0 spiro atoms. The molecule has 0 saturated carbocycles. The second-order valence-electron chi connectivity index (χ2n) is 8.64. The third-order valence-corrected chi connectivity index (χ3v) is 6.65. The van der Waals surface area contributed by atoms with Gasteiger partial charge in [-0.15, -0.1) is 0 Å². The molecule has 3 aromatic carbocycles. The molecular formula is C29H29BrFN5O2. The van der Waals surface area contributed by atoms with Crippen LogP contribution in [0.4, 0.5) is 10.1 Å². The molecular weight excluding hydrogens is 549 g/mol. The molecule has 38 heavy (non-hydrogen) atoms. The monoisotopic (exact) mass is 577 g/mol. The maximum atomic E-state index is 14.9. The first-order valence-electron chi connectivity index (χ1n) is 12.2. The van der Waals surface area contributed by atoms with Crippen LogP contribution in [0.15, 0.2) is 94.9 Å². The standard InChI is InChI=1S/C29H29BrFN5O2/c1-38-27-14-12-22(30)19-21(27)11-13-24-25(9-5-10-26(24)31)28(37)34-29(32)36(23-7-3-2-4-8-23)17-6-16-35-18-15-33-20-35/h2-5,7-10,12,14-15,18-20H,6,11,13,16-17H2,1H3,(H2,32,34,37). The molecule has 0 aliphatic rings. The highest BCUT2D eigenvalue weighted by molar-refractivity contribution is 9.10. The normalized spacial score (nSPS) is 11.4. The maximum absolute atomic E-state index is 14.9. The van der Waals surface area contributed by atoms with Gasteiger partial charge in [0.25, 0.3) is 5.91 Å². The van der Waals surface area contributed by atoms with Gasteiger partial charge >= 0.3 is 0 Å². The number of anilines is 1. The fraction of sp³-hybridized carbons (Fsp3) is 0.207. The summed E-state index contributed by atoms with van der Waals surface area (Å²) in [4.78, 5) is 23.4. The average Bonchev–Trinajstić information content (AvgIpc) is 3.44. The molecule has 9 heteroatoms. The largest absolute Gasteiger partial charge is 0.496 e. The van der Waals surface area contributed by atoms with Crippen molar-refractivity contribution in [3.8, 4) is 5.75 Å². The number of methoxy groups -OCH3 is 1. The SMILES string of the molecule is COc1ccc(Br)cc1CCc1c(F)cccc1C(=O)N=C(N)N(CCCn1ccnc1)c1ccccc1. The molecule has 7 nitrogen and oxygen atoms in total. The Morgan fingerprint density at radius 1 is 1.13 bits per heavy atom. The number of carbonyl (C=O) groups excluding carboxylic acids is 1. The number of ether oxygens (including phenoxy) is 1. The predicted molar refractivity (Wildman–Crippen MR) is 151 cm³/mol. The minimum atomic E-state index is -0.589. The molecule has 0 saturated heterocycles. The first-order valence-corrected chi connectivity index (χ1v) is 13.0. The van der Waals surface area contributed by atoms with Gasteiger partial charge in [-0.05, 0) is 67.3 Å². The molecule has 0 fully saturated rings. The number of halogens is 2. The second kappa shape index (κ2) is 13.0. The van der Waals surface area contributed by atoms with E-state index in [0.29, 0.717) is 30.7 Å². The summed E-state index contributed by atoms with van der Waals surface area (Å²) in [5.41, 5.74) is 8.57. The third kappa shape index (κ3) is 6.86. The number of amides is 1. The number of aromatic nitrogens is 2. The Bertz CT molecular complexity index is 1390. The molecule has 0 aliphatic carbocycles. The van der Waals surface area contributed by atoms with Gasteiger partial charge in [-0.2, -0.15) is 4.99 Å². The van der Waals surface area contributed by atoms with Crippen molar-refractivity contribution >= 4 is 33.5 Å². The molecule has 2 N–H and O–H groups in total. The highest BCUT2D eigenvalue weighted by atomic mass is 79.9. The third-order valence-electron chi connectivity index (χ3n) is 6.15. The highest BCUT2D eigenvalue weighted by Crippen LogP contribution is 2.26. The topological polar surface area (TPSA) is 85.7 Å². The molecule has 1 aromatic heterocycles. The lowest BCUT2D eigenvalue weighted by Crippen LogP contribution is -2.39. The Kier molecular flexibility index (Phi) is 9.26. The van der Waals surface area contributed by atoms with E-state index in [1.807, 2.05) is 59.3 Å². The molecule has 1 heterocycles. The van der Waals surface area contributed by atoms with Crippen molar-refractivity contribution in [3.63, 3.8) is 0 Å². The lowest BCUT2D eigenvalue weighted by Gasteiger charge is -2.23. The van der Waals surface area contributed by atoms with Gasteiger partial charge in [-0.25, -0.2) is 9.37 Å². The van der Waals surface area contributed by atoms with Crippen LogP contribution in [0, 0.1) is 5.82 Å². The number of guanidine groups is 1. The van der Waals surface area contributed by atoms with Crippen molar-refractivity contribution < 1.29 is 13.9 Å². The number of rotatable bonds is 10. The van der Waals surface area contributed by atoms with E-state index in [-0.39, 0.29) is 11.5 Å². The van der Waals surface area contributed by atoms with Crippen molar-refractivity contribution in [2.24, 2.45) is 10.7 Å². The number of aliphatic imine (C=N–C) groups is 1. The lowest BCUT2D eigenvalue weighted by molar-refractivity contribution is 0.100. The van der Waals surface area contributed by atoms with Gasteiger partial charge in [0.15, 0.2) is 0 Å². The van der Waals surface area contributed by atoms with E-state index < -0.39 is 11.7 Å². The lowest BCUT2D eigenvalue weighted by atomic mass is 9.98. The Balaban J connectivity index is 1.56. The zero-order chi connectivity index (χ0) is 26.9. The minimum Gasteiger partial charge on any atom is -0.496 e. The number of nitrogens with zero attached hydrogens (tertiary/aromatic N) is 4. The Morgan fingerprint density at radius 3 is 2.68 bits per heavy atom. The van der Waals surface area contributed by atoms with Crippen molar-refractivity contribution in [1.29, 1.82) is 0 Å². The van der Waals surface area contributed by atoms with E-state index in [9.17, 15) is 9.18 Å². The van der Waals surface area contributed by atoms with Crippen molar-refractivity contribution in [2.75, 3.05) is 18.6 Å². The van der Waals surface area contributed by atoms with E-state index in [1.165, 1.54) is 12.1 Å². The number of imidazole rings is 1. The molecule has 0 radical (unpaired) electrons. The molecule has 1 amide bonds. The van der Waals surface area contributed by atoms with Crippen LogP contribution in [0.2, 0.25) is 0 Å². The van der Waals surface area contributed by atoms with E-state index in [4.69, 9.17) is 10.5 Å². The van der Waals surface area contributed by atoms with Crippen LogP contribution in [0.25, 0.3) is 0 Å². The van der Waals surface area contributed by atoms with Crippen LogP contribution in [0.1, 0.15) is 27.9 Å². The summed E-state index contributed by atoms with van der Waals surface area (Å²) in [6.07, 6.45) is 6.89. The molecule has 0 unspecified atom stereocenters. The molecule has 0 aliphatic heterocycles. The number of hydrogen-bond acceptors (Lipinski definition) is 3. The Hall–Kier alpha value is -3.98. The van der Waals surface area contributed by atoms with Crippen molar-refractivity contribution in [1.82, 2.24) is 9.55 Å². The van der Waals surface area contributed by atoms with Crippen LogP contribution < -0.4 is 15.4 Å². The fourth-order valence-electron chi connectivity index (χ4n) is 4.25. The Labute approximate surface area is 229 Å². The summed E-state index contributed by atoms with van der Waals surface area (Å²) in [5.74, 6) is -0.294. The van der Waals surface area contributed by atoms with Gasteiger partial charge < -0.3 is 19.9 Å². The van der Waals surface area contributed by atoms with E-state index in [2.05, 4.69) is 25.9 Å². The number of benzene rings is 3. The highest BCUT2D eigenvalue weighted by Gasteiger charge is 2.18. The van der Waals surface area contributed by atoms with Gasteiger partial charge in [0.1, 0.15) is 11.6 Å². The predicted octanol–water partition coefficient (Wildman–Crippen LogP) is 5.63. The van der Waals surface area contributed by atoms with Crippen LogP contribution >= 0.6 is 15.9 Å². The molecule has 0 bridgehead atoms. The quantitative estimate of drug-likeness (QED) is 0.195. The van der Waals surface area contributed by atoms with E-state index >= 15 is 0 Å². The van der Waals surface area contributed by atoms with Crippen LogP contribution in [0.3, 0.4) is 0 Å². The summed E-state index contributed by atoms with van der Waals surface area (Å²) in [6.45, 7) is 1.27. The maximum Gasteiger partial charge on any atom is 0.280 e. The fourth-order valence-corrected chi connectivity index (χ4v) is 4.66. The first kappa shape index (κ1) is 27.1. The van der Waals surface area contributed by atoms with Crippen LogP contribution in [0.5, 0.6) is 5.75 Å². The Morgan fingerprint density at radius 2 is 1.95 bits per heavy atom. The minimum absolute atomic E-state index is 0.0516. The molecule has 4 rings (SSSR count). The van der Waals surface area contributed by atoms with Gasteiger partial charge in [-0.3, -0.25) is 4.79 Å². The van der Waals surface area contributed by atoms with Crippen molar-refractivity contribution in [2.45, 2.75) is 25.8 Å². The van der Waals surface area contributed by atoms with Gasteiger partial charge in [0, 0.05) is 46.8 Å². The summed E-state index contributed by atoms with van der Waals surface area (Å²) < 4.78 is 23.3. The number of carbonyl (C=O) groups is 1. The number of hydrogen-bond donors (Lipinski definition) is 1. The van der Waals surface area contributed by atoms with Gasteiger partial charge in [0.05, 0.1) is 13.4 Å². The second-order valence-corrected chi connectivity index (χ2v) is 9.55. The van der Waals surface area contributed by atoms with Crippen molar-refractivity contribution in [3.05, 3.63) is 112 Å². The summed E-state index contributed by atoms with van der Waals surface area (Å²) in [6, 6.07) is 19.6. The van der Waals surface area contributed by atoms with Gasteiger partial charge in [-0.1, -0.05) is 40.2 Å². The van der Waals surface area contributed by atoms with Crippen LogP contribution in [-0.4, -0.2) is 35.1 Å².